The van der Waals surface area contributed by atoms with Gasteiger partial charge in [-0.3, -0.25) is 4.79 Å². The van der Waals surface area contributed by atoms with Gasteiger partial charge in [0.2, 0.25) is 0 Å². The van der Waals surface area contributed by atoms with Crippen molar-refractivity contribution in [3.63, 3.8) is 0 Å². The summed E-state index contributed by atoms with van der Waals surface area (Å²) in [7, 11) is 0. The van der Waals surface area contributed by atoms with Gasteiger partial charge in [0, 0.05) is 5.69 Å². The Kier molecular flexibility index (Phi) is 3.88. The first kappa shape index (κ1) is 12.0. The standard InChI is InChI=1S/C11H13NO4/c1-2-16-11(15)8-5-3-4-7(10(8)12)6-9(13)14/h3-5H,2,6,12H2,1H3,(H,13,14). The third kappa shape index (κ3) is 2.73. The topological polar surface area (TPSA) is 89.6 Å². The van der Waals surface area contributed by atoms with Gasteiger partial charge in [0.15, 0.2) is 0 Å². The molecule has 3 N–H and O–H groups in total. The second kappa shape index (κ2) is 5.16. The number of benzene rings is 1. The molecule has 0 saturated heterocycles. The van der Waals surface area contributed by atoms with Gasteiger partial charge in [-0.25, -0.2) is 4.79 Å². The number of hydrogen-bond acceptors (Lipinski definition) is 4. The van der Waals surface area contributed by atoms with Crippen molar-refractivity contribution in [1.82, 2.24) is 0 Å². The lowest BCUT2D eigenvalue weighted by Crippen LogP contribution is -2.11. The average Bonchev–Trinajstić information content (AvgIpc) is 2.21. The molecule has 0 fully saturated rings. The van der Waals surface area contributed by atoms with E-state index in [1.165, 1.54) is 6.07 Å². The molecule has 5 nitrogen and oxygen atoms in total. The first-order valence-corrected chi connectivity index (χ1v) is 4.82. The minimum atomic E-state index is -0.993. The summed E-state index contributed by atoms with van der Waals surface area (Å²) in [5, 5.41) is 8.65. The van der Waals surface area contributed by atoms with Crippen LogP contribution >= 0.6 is 0 Å². The number of rotatable bonds is 4. The van der Waals surface area contributed by atoms with Crippen LogP contribution < -0.4 is 5.73 Å². The van der Waals surface area contributed by atoms with Crippen molar-refractivity contribution >= 4 is 17.6 Å². The summed E-state index contributed by atoms with van der Waals surface area (Å²) in [6.45, 7) is 1.94. The van der Waals surface area contributed by atoms with Crippen LogP contribution in [0.5, 0.6) is 0 Å². The third-order valence-corrected chi connectivity index (χ3v) is 2.03. The van der Waals surface area contributed by atoms with Crippen LogP contribution in [0.1, 0.15) is 22.8 Å². The summed E-state index contributed by atoms with van der Waals surface area (Å²) < 4.78 is 4.80. The summed E-state index contributed by atoms with van der Waals surface area (Å²) in [6.07, 6.45) is -0.209. The van der Waals surface area contributed by atoms with Crippen LogP contribution in [0.4, 0.5) is 5.69 Å². The predicted molar refractivity (Wildman–Crippen MR) is 58.2 cm³/mol. The van der Waals surface area contributed by atoms with E-state index < -0.39 is 11.9 Å². The van der Waals surface area contributed by atoms with Gasteiger partial charge in [-0.2, -0.15) is 0 Å². The predicted octanol–water partition coefficient (Wildman–Crippen LogP) is 1.07. The van der Waals surface area contributed by atoms with Crippen molar-refractivity contribution in [3.05, 3.63) is 29.3 Å². The maximum absolute atomic E-state index is 11.5. The summed E-state index contributed by atoms with van der Waals surface area (Å²) in [5.41, 5.74) is 6.49. The highest BCUT2D eigenvalue weighted by molar-refractivity contribution is 5.96. The van der Waals surface area contributed by atoms with E-state index >= 15 is 0 Å². The lowest BCUT2D eigenvalue weighted by molar-refractivity contribution is -0.136. The van der Waals surface area contributed by atoms with Crippen LogP contribution in [0.3, 0.4) is 0 Å². The van der Waals surface area contributed by atoms with E-state index in [9.17, 15) is 9.59 Å². The molecular weight excluding hydrogens is 210 g/mol. The van der Waals surface area contributed by atoms with Crippen LogP contribution in [-0.2, 0) is 16.0 Å². The quantitative estimate of drug-likeness (QED) is 0.588. The number of carbonyl (C=O) groups excluding carboxylic acids is 1. The van der Waals surface area contributed by atoms with Crippen molar-refractivity contribution in [1.29, 1.82) is 0 Å². The molecule has 0 unspecified atom stereocenters. The van der Waals surface area contributed by atoms with E-state index in [4.69, 9.17) is 15.6 Å². The fraction of sp³-hybridized carbons (Fsp3) is 0.273. The van der Waals surface area contributed by atoms with E-state index in [-0.39, 0.29) is 24.3 Å². The zero-order chi connectivity index (χ0) is 12.1. The third-order valence-electron chi connectivity index (χ3n) is 2.03. The van der Waals surface area contributed by atoms with Crippen LogP contribution in [0.25, 0.3) is 0 Å². The second-order valence-electron chi connectivity index (χ2n) is 3.17. The molecule has 0 aromatic heterocycles. The molecule has 1 aromatic carbocycles. The Morgan fingerprint density at radius 3 is 2.69 bits per heavy atom. The zero-order valence-electron chi connectivity index (χ0n) is 8.90. The summed E-state index contributed by atoms with van der Waals surface area (Å²) in [4.78, 5) is 22.0. The highest BCUT2D eigenvalue weighted by Crippen LogP contribution is 2.19. The van der Waals surface area contributed by atoms with Crippen LogP contribution in [0.2, 0.25) is 0 Å². The van der Waals surface area contributed by atoms with Gasteiger partial charge < -0.3 is 15.6 Å². The number of hydrogen-bond donors (Lipinski definition) is 2. The number of carboxylic acids is 1. The number of aliphatic carboxylic acids is 1. The van der Waals surface area contributed by atoms with Crippen molar-refractivity contribution < 1.29 is 19.4 Å². The average molecular weight is 223 g/mol. The fourth-order valence-electron chi connectivity index (χ4n) is 1.32. The Labute approximate surface area is 92.8 Å². The van der Waals surface area contributed by atoms with Crippen LogP contribution in [0.15, 0.2) is 18.2 Å². The molecule has 0 heterocycles. The number of carboxylic acid groups (broad SMARTS) is 1. The van der Waals surface area contributed by atoms with Crippen LogP contribution in [0, 0.1) is 0 Å². The molecule has 0 aliphatic heterocycles. The minimum Gasteiger partial charge on any atom is -0.481 e. The molecule has 5 heteroatoms. The Hall–Kier alpha value is -2.04. The van der Waals surface area contributed by atoms with Gasteiger partial charge in [0.05, 0.1) is 18.6 Å². The zero-order valence-corrected chi connectivity index (χ0v) is 8.90. The SMILES string of the molecule is CCOC(=O)c1cccc(CC(=O)O)c1N. The van der Waals surface area contributed by atoms with Gasteiger partial charge in [-0.05, 0) is 18.6 Å². The number of nitrogen functional groups attached to an aromatic ring is 1. The van der Waals surface area contributed by atoms with Crippen molar-refractivity contribution in [2.45, 2.75) is 13.3 Å². The fourth-order valence-corrected chi connectivity index (χ4v) is 1.32. The maximum atomic E-state index is 11.5. The molecule has 0 aliphatic rings. The number of para-hydroxylation sites is 1. The van der Waals surface area contributed by atoms with Crippen molar-refractivity contribution in [2.75, 3.05) is 12.3 Å². The van der Waals surface area contributed by atoms with E-state index in [1.54, 1.807) is 19.1 Å². The Morgan fingerprint density at radius 1 is 1.44 bits per heavy atom. The number of carbonyl (C=O) groups is 2. The normalized spacial score (nSPS) is 9.81. The molecule has 0 saturated carbocycles. The van der Waals surface area contributed by atoms with Crippen molar-refractivity contribution in [3.8, 4) is 0 Å². The highest BCUT2D eigenvalue weighted by Gasteiger charge is 2.14. The molecule has 16 heavy (non-hydrogen) atoms. The lowest BCUT2D eigenvalue weighted by Gasteiger charge is -2.08. The minimum absolute atomic E-state index is 0.170. The Bertz CT molecular complexity index is 414. The van der Waals surface area contributed by atoms with Crippen LogP contribution in [-0.4, -0.2) is 23.7 Å². The molecule has 86 valence electrons. The Balaban J connectivity index is 3.03. The highest BCUT2D eigenvalue weighted by atomic mass is 16.5. The number of anilines is 1. The van der Waals surface area contributed by atoms with Gasteiger partial charge in [-0.15, -0.1) is 0 Å². The van der Waals surface area contributed by atoms with E-state index in [0.717, 1.165) is 0 Å². The lowest BCUT2D eigenvalue weighted by atomic mass is 10.0. The molecular formula is C11H13NO4. The van der Waals surface area contributed by atoms with Gasteiger partial charge in [0.1, 0.15) is 0 Å². The number of esters is 1. The molecule has 1 aromatic rings. The molecule has 0 aliphatic carbocycles. The molecule has 0 radical (unpaired) electrons. The summed E-state index contributed by atoms with van der Waals surface area (Å²) in [6, 6.07) is 4.67. The van der Waals surface area contributed by atoms with E-state index in [1.807, 2.05) is 0 Å². The number of nitrogens with two attached hydrogens (primary N) is 1. The Morgan fingerprint density at radius 2 is 2.12 bits per heavy atom. The second-order valence-corrected chi connectivity index (χ2v) is 3.17. The molecule has 1 rings (SSSR count). The van der Waals surface area contributed by atoms with Gasteiger partial charge in [-0.1, -0.05) is 12.1 Å². The summed E-state index contributed by atoms with van der Waals surface area (Å²) in [5.74, 6) is -1.53. The monoisotopic (exact) mass is 223 g/mol. The van der Waals surface area contributed by atoms with E-state index in [2.05, 4.69) is 0 Å². The first-order valence-electron chi connectivity index (χ1n) is 4.82. The maximum Gasteiger partial charge on any atom is 0.340 e. The molecule has 0 atom stereocenters. The van der Waals surface area contributed by atoms with Crippen molar-refractivity contribution in [2.24, 2.45) is 0 Å². The number of ether oxygens (including phenoxy) is 1. The largest absolute Gasteiger partial charge is 0.481 e. The summed E-state index contributed by atoms with van der Waals surface area (Å²) >= 11 is 0. The smallest absolute Gasteiger partial charge is 0.340 e. The van der Waals surface area contributed by atoms with Gasteiger partial charge in [0.25, 0.3) is 0 Å². The molecule has 0 amide bonds. The molecule has 0 spiro atoms. The van der Waals surface area contributed by atoms with E-state index in [0.29, 0.717) is 5.56 Å². The molecule has 0 bridgehead atoms. The van der Waals surface area contributed by atoms with Gasteiger partial charge >= 0.3 is 11.9 Å². The first-order chi connectivity index (χ1) is 7.56.